The Balaban J connectivity index is 1.67. The maximum absolute atomic E-state index is 12.5. The zero-order chi connectivity index (χ0) is 19.2. The fourth-order valence-electron chi connectivity index (χ4n) is 3.01. The van der Waals surface area contributed by atoms with Crippen molar-refractivity contribution in [2.75, 3.05) is 20.3 Å². The summed E-state index contributed by atoms with van der Waals surface area (Å²) in [5, 5.41) is 0. The van der Waals surface area contributed by atoms with Crippen LogP contribution in [0.2, 0.25) is 0 Å². The number of carbonyl (C=O) groups is 2. The molecular formula is C21H22N2O4. The number of benzene rings is 2. The number of hydrogen-bond acceptors (Lipinski definition) is 4. The summed E-state index contributed by atoms with van der Waals surface area (Å²) >= 11 is 0. The van der Waals surface area contributed by atoms with Gasteiger partial charge in [0.15, 0.2) is 18.1 Å². The second-order valence-electron chi connectivity index (χ2n) is 6.28. The number of ether oxygens (including phenoxy) is 2. The van der Waals surface area contributed by atoms with Crippen LogP contribution >= 0.6 is 0 Å². The molecule has 1 heterocycles. The minimum absolute atomic E-state index is 0.0301. The highest BCUT2D eigenvalue weighted by atomic mass is 16.5. The number of rotatable bonds is 6. The average molecular weight is 366 g/mol. The normalized spacial score (nSPS) is 13.3. The number of primary amides is 1. The number of nitrogens with two attached hydrogens (primary N) is 1. The van der Waals surface area contributed by atoms with Crippen LogP contribution in [-0.2, 0) is 22.6 Å². The summed E-state index contributed by atoms with van der Waals surface area (Å²) in [4.78, 5) is 25.2. The molecule has 0 fully saturated rings. The second kappa shape index (κ2) is 8.40. The van der Waals surface area contributed by atoms with E-state index >= 15 is 0 Å². The molecule has 1 aliphatic heterocycles. The van der Waals surface area contributed by atoms with Crippen molar-refractivity contribution < 1.29 is 19.1 Å². The van der Waals surface area contributed by atoms with Gasteiger partial charge in [0.1, 0.15) is 0 Å². The molecule has 6 heteroatoms. The highest BCUT2D eigenvalue weighted by Crippen LogP contribution is 2.28. The molecule has 3 rings (SSSR count). The zero-order valence-corrected chi connectivity index (χ0v) is 15.2. The van der Waals surface area contributed by atoms with Crippen molar-refractivity contribution in [3.05, 3.63) is 65.2 Å². The van der Waals surface area contributed by atoms with Crippen molar-refractivity contribution in [2.45, 2.75) is 13.0 Å². The molecule has 0 unspecified atom stereocenters. The van der Waals surface area contributed by atoms with E-state index in [0.29, 0.717) is 24.6 Å². The quantitative estimate of drug-likeness (QED) is 0.795. The van der Waals surface area contributed by atoms with Crippen LogP contribution in [0.4, 0.5) is 0 Å². The van der Waals surface area contributed by atoms with E-state index in [1.807, 2.05) is 17.0 Å². The van der Waals surface area contributed by atoms with E-state index in [1.165, 1.54) is 18.2 Å². The largest absolute Gasteiger partial charge is 0.493 e. The van der Waals surface area contributed by atoms with Crippen molar-refractivity contribution in [3.63, 3.8) is 0 Å². The molecule has 0 aliphatic carbocycles. The van der Waals surface area contributed by atoms with Crippen LogP contribution in [0, 0.1) is 0 Å². The first-order valence-electron chi connectivity index (χ1n) is 8.69. The van der Waals surface area contributed by atoms with Gasteiger partial charge in [-0.05, 0) is 41.3 Å². The van der Waals surface area contributed by atoms with Crippen LogP contribution in [0.25, 0.3) is 6.08 Å². The molecule has 0 radical (unpaired) electrons. The molecule has 0 atom stereocenters. The standard InChI is InChI=1S/C21H22N2O4/c1-26-19-12-15(6-8-18(19)27-14-20(22)24)7-9-21(25)23-11-10-16-4-2-3-5-17(16)13-23/h2-9,12H,10-11,13-14H2,1H3,(H2,22,24)/b9-7+. The van der Waals surface area contributed by atoms with Gasteiger partial charge in [-0.15, -0.1) is 0 Å². The number of carbonyl (C=O) groups excluding carboxylic acids is 2. The molecule has 2 aromatic rings. The SMILES string of the molecule is COc1cc(/C=C/C(=O)N2CCc3ccccc3C2)ccc1OCC(N)=O. The molecule has 140 valence electrons. The van der Waals surface area contributed by atoms with Crippen LogP contribution < -0.4 is 15.2 Å². The number of nitrogens with zero attached hydrogens (tertiary/aromatic N) is 1. The van der Waals surface area contributed by atoms with Crippen molar-refractivity contribution in [2.24, 2.45) is 5.73 Å². The smallest absolute Gasteiger partial charge is 0.255 e. The van der Waals surface area contributed by atoms with E-state index in [4.69, 9.17) is 15.2 Å². The number of amides is 2. The van der Waals surface area contributed by atoms with E-state index < -0.39 is 5.91 Å². The molecule has 2 amide bonds. The van der Waals surface area contributed by atoms with Crippen molar-refractivity contribution in [3.8, 4) is 11.5 Å². The zero-order valence-electron chi connectivity index (χ0n) is 15.2. The monoisotopic (exact) mass is 366 g/mol. The fourth-order valence-corrected chi connectivity index (χ4v) is 3.01. The maximum atomic E-state index is 12.5. The summed E-state index contributed by atoms with van der Waals surface area (Å²) in [5.41, 5.74) is 8.39. The molecule has 0 bridgehead atoms. The Labute approximate surface area is 158 Å². The third-order valence-corrected chi connectivity index (χ3v) is 4.42. The van der Waals surface area contributed by atoms with Crippen LogP contribution in [0.15, 0.2) is 48.5 Å². The van der Waals surface area contributed by atoms with Crippen LogP contribution in [0.3, 0.4) is 0 Å². The molecule has 0 saturated heterocycles. The van der Waals surface area contributed by atoms with Gasteiger partial charge < -0.3 is 20.1 Å². The third-order valence-electron chi connectivity index (χ3n) is 4.42. The minimum Gasteiger partial charge on any atom is -0.493 e. The minimum atomic E-state index is -0.560. The predicted octanol–water partition coefficient (Wildman–Crippen LogP) is 2.16. The van der Waals surface area contributed by atoms with Gasteiger partial charge in [-0.25, -0.2) is 0 Å². The second-order valence-corrected chi connectivity index (χ2v) is 6.28. The summed E-state index contributed by atoms with van der Waals surface area (Å²) in [5.74, 6) is 0.303. The van der Waals surface area contributed by atoms with E-state index in [2.05, 4.69) is 12.1 Å². The summed E-state index contributed by atoms with van der Waals surface area (Å²) < 4.78 is 10.6. The summed E-state index contributed by atoms with van der Waals surface area (Å²) in [6.07, 6.45) is 4.17. The lowest BCUT2D eigenvalue weighted by atomic mass is 10.00. The van der Waals surface area contributed by atoms with E-state index in [-0.39, 0.29) is 12.5 Å². The van der Waals surface area contributed by atoms with Gasteiger partial charge in [0.05, 0.1) is 7.11 Å². The summed E-state index contributed by atoms with van der Waals surface area (Å²) in [6.45, 7) is 1.12. The number of methoxy groups -OCH3 is 1. The molecule has 0 spiro atoms. The molecule has 2 aromatic carbocycles. The lowest BCUT2D eigenvalue weighted by Crippen LogP contribution is -2.34. The van der Waals surface area contributed by atoms with E-state index in [0.717, 1.165) is 12.0 Å². The van der Waals surface area contributed by atoms with Gasteiger partial charge in [0, 0.05) is 19.2 Å². The van der Waals surface area contributed by atoms with Gasteiger partial charge in [0.2, 0.25) is 5.91 Å². The van der Waals surface area contributed by atoms with Crippen molar-refractivity contribution in [1.29, 1.82) is 0 Å². The van der Waals surface area contributed by atoms with Crippen LogP contribution in [-0.4, -0.2) is 37.0 Å². The predicted molar refractivity (Wildman–Crippen MR) is 102 cm³/mol. The first kappa shape index (κ1) is 18.5. The van der Waals surface area contributed by atoms with Gasteiger partial charge in [-0.1, -0.05) is 30.3 Å². The highest BCUT2D eigenvalue weighted by Gasteiger charge is 2.18. The van der Waals surface area contributed by atoms with Gasteiger partial charge in [-0.2, -0.15) is 0 Å². The Bertz CT molecular complexity index is 876. The Morgan fingerprint density at radius 3 is 2.67 bits per heavy atom. The fraction of sp³-hybridized carbons (Fsp3) is 0.238. The summed E-state index contributed by atoms with van der Waals surface area (Å²) in [6, 6.07) is 13.4. The first-order chi connectivity index (χ1) is 13.1. The molecule has 27 heavy (non-hydrogen) atoms. The van der Waals surface area contributed by atoms with Gasteiger partial charge in [-0.3, -0.25) is 9.59 Å². The molecular weight excluding hydrogens is 344 g/mol. The van der Waals surface area contributed by atoms with Crippen LogP contribution in [0.1, 0.15) is 16.7 Å². The molecule has 6 nitrogen and oxygen atoms in total. The molecule has 1 aliphatic rings. The molecule has 2 N–H and O–H groups in total. The van der Waals surface area contributed by atoms with E-state index in [9.17, 15) is 9.59 Å². The van der Waals surface area contributed by atoms with Crippen LogP contribution in [0.5, 0.6) is 11.5 Å². The Hall–Kier alpha value is -3.28. The topological polar surface area (TPSA) is 81.9 Å². The number of hydrogen-bond donors (Lipinski definition) is 1. The first-order valence-corrected chi connectivity index (χ1v) is 8.69. The lowest BCUT2D eigenvalue weighted by Gasteiger charge is -2.27. The van der Waals surface area contributed by atoms with Crippen molar-refractivity contribution in [1.82, 2.24) is 4.90 Å². The summed E-state index contributed by atoms with van der Waals surface area (Å²) in [7, 11) is 1.51. The van der Waals surface area contributed by atoms with E-state index in [1.54, 1.807) is 30.4 Å². The molecule has 0 saturated carbocycles. The third kappa shape index (κ3) is 4.67. The molecule has 0 aromatic heterocycles. The van der Waals surface area contributed by atoms with Gasteiger partial charge >= 0.3 is 0 Å². The maximum Gasteiger partial charge on any atom is 0.255 e. The van der Waals surface area contributed by atoms with Crippen molar-refractivity contribution >= 4 is 17.9 Å². The average Bonchev–Trinajstić information content (AvgIpc) is 2.70. The lowest BCUT2D eigenvalue weighted by molar-refractivity contribution is -0.126. The Morgan fingerprint density at radius 1 is 1.15 bits per heavy atom. The Kier molecular flexibility index (Phi) is 5.76. The number of fused-ring (bicyclic) bond motifs is 1. The van der Waals surface area contributed by atoms with Gasteiger partial charge in [0.25, 0.3) is 5.91 Å². The Morgan fingerprint density at radius 2 is 1.93 bits per heavy atom. The highest BCUT2D eigenvalue weighted by molar-refractivity contribution is 5.92.